The summed E-state index contributed by atoms with van der Waals surface area (Å²) in [4.78, 5) is 0. The van der Waals surface area contributed by atoms with Gasteiger partial charge in [-0.05, 0) is 18.6 Å². The van der Waals surface area contributed by atoms with Crippen molar-refractivity contribution in [2.24, 2.45) is 5.73 Å². The zero-order chi connectivity index (χ0) is 8.97. The summed E-state index contributed by atoms with van der Waals surface area (Å²) in [5, 5.41) is 0. The normalized spacial score (nSPS) is 10.9. The molecule has 0 aliphatic heterocycles. The summed E-state index contributed by atoms with van der Waals surface area (Å²) in [5.41, 5.74) is 7.80. The second-order valence-electron chi connectivity index (χ2n) is 2.66. The first-order valence-electron chi connectivity index (χ1n) is 3.87. The third-order valence-electron chi connectivity index (χ3n) is 1.58. The van der Waals surface area contributed by atoms with Crippen molar-refractivity contribution in [3.63, 3.8) is 0 Å². The van der Waals surface area contributed by atoms with Crippen LogP contribution in [0.25, 0.3) is 6.08 Å². The average Bonchev–Trinajstić information content (AvgIpc) is 2.07. The van der Waals surface area contributed by atoms with Crippen molar-refractivity contribution >= 4 is 22.0 Å². The highest BCUT2D eigenvalue weighted by atomic mass is 79.9. The zero-order valence-corrected chi connectivity index (χ0v) is 8.64. The van der Waals surface area contributed by atoms with Crippen LogP contribution in [0.4, 0.5) is 0 Å². The van der Waals surface area contributed by atoms with E-state index in [1.807, 2.05) is 18.2 Å². The Morgan fingerprint density at radius 3 is 2.92 bits per heavy atom. The smallest absolute Gasteiger partial charge is 0.0247 e. The topological polar surface area (TPSA) is 26.0 Å². The van der Waals surface area contributed by atoms with Gasteiger partial charge in [-0.3, -0.25) is 0 Å². The molecule has 1 nitrogen and oxygen atoms in total. The number of rotatable bonds is 2. The lowest BCUT2D eigenvalue weighted by molar-refractivity contribution is 1.26. The Morgan fingerprint density at radius 1 is 1.50 bits per heavy atom. The molecule has 0 unspecified atom stereocenters. The van der Waals surface area contributed by atoms with E-state index >= 15 is 0 Å². The molecular weight excluding hydrogens is 214 g/mol. The summed E-state index contributed by atoms with van der Waals surface area (Å²) in [6.07, 6.45) is 3.97. The van der Waals surface area contributed by atoms with Crippen LogP contribution in [0.3, 0.4) is 0 Å². The number of aryl methyl sites for hydroxylation is 1. The predicted octanol–water partition coefficient (Wildman–Crippen LogP) is 2.73. The van der Waals surface area contributed by atoms with E-state index < -0.39 is 0 Å². The van der Waals surface area contributed by atoms with Crippen LogP contribution in [0.2, 0.25) is 0 Å². The third kappa shape index (κ3) is 2.47. The summed E-state index contributed by atoms with van der Waals surface area (Å²) in [5.74, 6) is 0. The monoisotopic (exact) mass is 225 g/mol. The molecule has 1 aromatic rings. The van der Waals surface area contributed by atoms with Crippen molar-refractivity contribution in [1.29, 1.82) is 0 Å². The van der Waals surface area contributed by atoms with Crippen LogP contribution in [-0.2, 0) is 0 Å². The van der Waals surface area contributed by atoms with E-state index in [1.54, 1.807) is 0 Å². The molecule has 0 spiro atoms. The van der Waals surface area contributed by atoms with Crippen LogP contribution < -0.4 is 5.73 Å². The molecule has 0 heterocycles. The first kappa shape index (κ1) is 9.49. The van der Waals surface area contributed by atoms with Gasteiger partial charge in [-0.2, -0.15) is 0 Å². The molecule has 0 bridgehead atoms. The first-order valence-corrected chi connectivity index (χ1v) is 4.66. The van der Waals surface area contributed by atoms with E-state index in [0.29, 0.717) is 6.54 Å². The molecule has 2 heteroatoms. The molecule has 0 saturated carbocycles. The summed E-state index contributed by atoms with van der Waals surface area (Å²) in [6.45, 7) is 2.66. The van der Waals surface area contributed by atoms with E-state index in [0.717, 1.165) is 4.47 Å². The molecule has 0 atom stereocenters. The number of nitrogens with two attached hydrogens (primary N) is 1. The van der Waals surface area contributed by atoms with Crippen LogP contribution in [0, 0.1) is 6.92 Å². The van der Waals surface area contributed by atoms with Gasteiger partial charge in [-0.15, -0.1) is 0 Å². The minimum Gasteiger partial charge on any atom is -0.327 e. The van der Waals surface area contributed by atoms with Gasteiger partial charge in [0.15, 0.2) is 0 Å². The van der Waals surface area contributed by atoms with Gasteiger partial charge in [0, 0.05) is 11.0 Å². The summed E-state index contributed by atoms with van der Waals surface area (Å²) >= 11 is 3.47. The highest BCUT2D eigenvalue weighted by molar-refractivity contribution is 9.10. The maximum atomic E-state index is 5.36. The van der Waals surface area contributed by atoms with Crippen LogP contribution >= 0.6 is 15.9 Å². The zero-order valence-electron chi connectivity index (χ0n) is 7.05. The fraction of sp³-hybridized carbons (Fsp3) is 0.200. The van der Waals surface area contributed by atoms with Gasteiger partial charge in [0.2, 0.25) is 0 Å². The lowest BCUT2D eigenvalue weighted by Crippen LogP contribution is -1.92. The molecular formula is C10H12BrN. The Morgan fingerprint density at radius 2 is 2.25 bits per heavy atom. The molecule has 0 saturated heterocycles. The van der Waals surface area contributed by atoms with Gasteiger partial charge >= 0.3 is 0 Å². The largest absolute Gasteiger partial charge is 0.327 e. The summed E-state index contributed by atoms with van der Waals surface area (Å²) in [6, 6.07) is 6.24. The molecule has 1 aromatic carbocycles. The van der Waals surface area contributed by atoms with Gasteiger partial charge < -0.3 is 5.73 Å². The second-order valence-corrected chi connectivity index (χ2v) is 3.52. The maximum absolute atomic E-state index is 5.36. The Labute approximate surface area is 81.4 Å². The predicted molar refractivity (Wildman–Crippen MR) is 57.0 cm³/mol. The van der Waals surface area contributed by atoms with Crippen LogP contribution in [-0.4, -0.2) is 6.54 Å². The first-order chi connectivity index (χ1) is 5.74. The molecule has 0 amide bonds. The molecule has 0 aliphatic carbocycles. The highest BCUT2D eigenvalue weighted by Gasteiger charge is 1.94. The molecule has 0 radical (unpaired) electrons. The van der Waals surface area contributed by atoms with Crippen LogP contribution in [0.5, 0.6) is 0 Å². The van der Waals surface area contributed by atoms with Crippen LogP contribution in [0.15, 0.2) is 28.7 Å². The molecule has 1 rings (SSSR count). The molecule has 0 aliphatic rings. The van der Waals surface area contributed by atoms with Crippen molar-refractivity contribution in [3.8, 4) is 0 Å². The van der Waals surface area contributed by atoms with E-state index in [2.05, 4.69) is 35.0 Å². The lowest BCUT2D eigenvalue weighted by atomic mass is 10.1. The van der Waals surface area contributed by atoms with E-state index in [1.165, 1.54) is 11.1 Å². The minimum atomic E-state index is 0.584. The van der Waals surface area contributed by atoms with Gasteiger partial charge in [0.25, 0.3) is 0 Å². The fourth-order valence-electron chi connectivity index (χ4n) is 0.986. The lowest BCUT2D eigenvalue weighted by Gasteiger charge is -1.99. The van der Waals surface area contributed by atoms with Crippen molar-refractivity contribution in [3.05, 3.63) is 39.9 Å². The summed E-state index contributed by atoms with van der Waals surface area (Å²) in [7, 11) is 0. The third-order valence-corrected chi connectivity index (χ3v) is 2.31. The average molecular weight is 226 g/mol. The Balaban J connectivity index is 2.97. The van der Waals surface area contributed by atoms with Crippen molar-refractivity contribution in [2.75, 3.05) is 6.54 Å². The summed E-state index contributed by atoms with van der Waals surface area (Å²) < 4.78 is 1.11. The molecule has 64 valence electrons. The van der Waals surface area contributed by atoms with Crippen molar-refractivity contribution < 1.29 is 0 Å². The molecule has 2 N–H and O–H groups in total. The molecule has 0 aromatic heterocycles. The number of hydrogen-bond donors (Lipinski definition) is 1. The van der Waals surface area contributed by atoms with Gasteiger partial charge in [-0.1, -0.05) is 45.8 Å². The Bertz CT molecular complexity index is 292. The Hall–Kier alpha value is -0.600. The van der Waals surface area contributed by atoms with Gasteiger partial charge in [-0.25, -0.2) is 0 Å². The molecule has 12 heavy (non-hydrogen) atoms. The van der Waals surface area contributed by atoms with Crippen LogP contribution in [0.1, 0.15) is 11.1 Å². The molecule has 0 fully saturated rings. The maximum Gasteiger partial charge on any atom is 0.0247 e. The number of hydrogen-bond acceptors (Lipinski definition) is 1. The van der Waals surface area contributed by atoms with Crippen molar-refractivity contribution in [2.45, 2.75) is 6.92 Å². The highest BCUT2D eigenvalue weighted by Crippen LogP contribution is 2.19. The van der Waals surface area contributed by atoms with E-state index in [-0.39, 0.29) is 0 Å². The van der Waals surface area contributed by atoms with E-state index in [4.69, 9.17) is 5.73 Å². The Kier molecular flexibility index (Phi) is 3.50. The quantitative estimate of drug-likeness (QED) is 0.824. The number of halogens is 1. The minimum absolute atomic E-state index is 0.584. The van der Waals surface area contributed by atoms with E-state index in [9.17, 15) is 0 Å². The van der Waals surface area contributed by atoms with Gasteiger partial charge in [0.1, 0.15) is 0 Å². The van der Waals surface area contributed by atoms with Gasteiger partial charge in [0.05, 0.1) is 0 Å². The fourth-order valence-corrected chi connectivity index (χ4v) is 1.36. The van der Waals surface area contributed by atoms with Crippen molar-refractivity contribution in [1.82, 2.24) is 0 Å². The number of benzene rings is 1. The SMILES string of the molecule is Cc1ccc(Br)c(C=CCN)c1. The second kappa shape index (κ2) is 4.43. The standard InChI is InChI=1S/C10H12BrN/c1-8-4-5-10(11)9(7-8)3-2-6-12/h2-5,7H,6,12H2,1H3.